The van der Waals surface area contributed by atoms with Crippen molar-refractivity contribution in [2.75, 3.05) is 0 Å². The maximum Gasteiger partial charge on any atom is 0.355 e. The summed E-state index contributed by atoms with van der Waals surface area (Å²) in [5, 5.41) is 0.897. The lowest BCUT2D eigenvalue weighted by Gasteiger charge is -2.02. The van der Waals surface area contributed by atoms with Gasteiger partial charge in [-0.15, -0.1) is 0 Å². The number of aromatic nitrogens is 2. The molecule has 4 nitrogen and oxygen atoms in total. The topological polar surface area (TPSA) is 55.0 Å². The maximum absolute atomic E-state index is 11.9. The van der Waals surface area contributed by atoms with Crippen LogP contribution in [-0.2, 0) is 11.3 Å². The molecule has 0 bridgehead atoms. The minimum atomic E-state index is -0.361. The van der Waals surface area contributed by atoms with Gasteiger partial charge in [0.05, 0.1) is 0 Å². The Morgan fingerprint density at radius 3 is 2.84 bits per heavy atom. The summed E-state index contributed by atoms with van der Waals surface area (Å²) in [6.45, 7) is 0.271. The van der Waals surface area contributed by atoms with E-state index in [0.29, 0.717) is 5.69 Å². The molecule has 3 rings (SSSR count). The van der Waals surface area contributed by atoms with Crippen molar-refractivity contribution in [1.29, 1.82) is 0 Å². The minimum absolute atomic E-state index is 0.271. The molecule has 94 valence electrons. The molecule has 0 spiro atoms. The Bertz CT molecular complexity index is 671. The number of fused-ring (bicyclic) bond motifs is 1. The number of pyridine rings is 1. The van der Waals surface area contributed by atoms with Gasteiger partial charge in [0.25, 0.3) is 0 Å². The molecule has 0 saturated carbocycles. The monoisotopic (exact) mass is 252 g/mol. The Balaban J connectivity index is 1.73. The molecular formula is C15H12N2O2. The van der Waals surface area contributed by atoms with Gasteiger partial charge in [-0.2, -0.15) is 0 Å². The van der Waals surface area contributed by atoms with Crippen LogP contribution < -0.4 is 0 Å². The van der Waals surface area contributed by atoms with Crippen LogP contribution in [0.5, 0.6) is 0 Å². The van der Waals surface area contributed by atoms with Crippen LogP contribution in [0.2, 0.25) is 0 Å². The van der Waals surface area contributed by atoms with Crippen LogP contribution in [0.4, 0.5) is 0 Å². The molecule has 0 saturated heterocycles. The number of hydrogen-bond acceptors (Lipinski definition) is 3. The fraction of sp³-hybridized carbons (Fsp3) is 0.0667. The molecule has 0 amide bonds. The van der Waals surface area contributed by atoms with Crippen molar-refractivity contribution < 1.29 is 9.53 Å². The van der Waals surface area contributed by atoms with Crippen LogP contribution in [0.3, 0.4) is 0 Å². The van der Waals surface area contributed by atoms with Crippen molar-refractivity contribution >= 4 is 16.9 Å². The first kappa shape index (κ1) is 11.5. The van der Waals surface area contributed by atoms with Crippen molar-refractivity contribution in [3.05, 3.63) is 66.1 Å². The van der Waals surface area contributed by atoms with Crippen LogP contribution in [0.25, 0.3) is 10.9 Å². The van der Waals surface area contributed by atoms with Gasteiger partial charge in [0.1, 0.15) is 12.3 Å². The number of carbonyl (C=O) groups excluding carboxylic acids is 1. The van der Waals surface area contributed by atoms with Crippen LogP contribution in [0.15, 0.2) is 54.9 Å². The average Bonchev–Trinajstić information content (AvgIpc) is 2.90. The molecule has 0 radical (unpaired) electrons. The molecular weight excluding hydrogens is 240 g/mol. The molecule has 0 aliphatic rings. The first-order valence-corrected chi connectivity index (χ1v) is 5.97. The number of aromatic amines is 1. The van der Waals surface area contributed by atoms with Gasteiger partial charge in [-0.1, -0.05) is 30.3 Å². The fourth-order valence-corrected chi connectivity index (χ4v) is 1.88. The van der Waals surface area contributed by atoms with E-state index in [-0.39, 0.29) is 12.6 Å². The Hall–Kier alpha value is -2.62. The van der Waals surface area contributed by atoms with Crippen molar-refractivity contribution in [1.82, 2.24) is 9.97 Å². The van der Waals surface area contributed by atoms with Gasteiger partial charge >= 0.3 is 5.97 Å². The highest BCUT2D eigenvalue weighted by Gasteiger charge is 2.10. The van der Waals surface area contributed by atoms with E-state index in [1.54, 1.807) is 18.5 Å². The van der Waals surface area contributed by atoms with E-state index in [4.69, 9.17) is 4.74 Å². The van der Waals surface area contributed by atoms with Crippen LogP contribution in [-0.4, -0.2) is 15.9 Å². The molecule has 0 aliphatic carbocycles. The molecule has 4 heteroatoms. The number of carbonyl (C=O) groups is 1. The third kappa shape index (κ3) is 2.47. The standard InChI is InChI=1S/C15H12N2O2/c18-15(19-10-11-4-2-1-3-5-11)14-8-12-9-16-7-6-13(12)17-14/h1-9,17H,10H2. The van der Waals surface area contributed by atoms with Gasteiger partial charge in [0, 0.05) is 23.3 Å². The van der Waals surface area contributed by atoms with Gasteiger partial charge in [-0.05, 0) is 17.7 Å². The predicted molar refractivity (Wildman–Crippen MR) is 71.7 cm³/mol. The lowest BCUT2D eigenvalue weighted by molar-refractivity contribution is 0.0467. The van der Waals surface area contributed by atoms with E-state index in [2.05, 4.69) is 9.97 Å². The van der Waals surface area contributed by atoms with E-state index < -0.39 is 0 Å². The number of benzene rings is 1. The van der Waals surface area contributed by atoms with Crippen LogP contribution >= 0.6 is 0 Å². The summed E-state index contributed by atoms with van der Waals surface area (Å²) in [7, 11) is 0. The van der Waals surface area contributed by atoms with Gasteiger partial charge in [0.15, 0.2) is 0 Å². The number of ether oxygens (including phenoxy) is 1. The molecule has 0 unspecified atom stereocenters. The van der Waals surface area contributed by atoms with Gasteiger partial charge < -0.3 is 9.72 Å². The third-order valence-corrected chi connectivity index (χ3v) is 2.85. The summed E-state index contributed by atoms with van der Waals surface area (Å²) in [6.07, 6.45) is 3.39. The lowest BCUT2D eigenvalue weighted by atomic mass is 10.2. The predicted octanol–water partition coefficient (Wildman–Crippen LogP) is 2.92. The summed E-state index contributed by atoms with van der Waals surface area (Å²) in [5.74, 6) is -0.361. The van der Waals surface area contributed by atoms with E-state index in [0.717, 1.165) is 16.5 Å². The molecule has 2 heterocycles. The highest BCUT2D eigenvalue weighted by atomic mass is 16.5. The van der Waals surface area contributed by atoms with E-state index >= 15 is 0 Å². The van der Waals surface area contributed by atoms with Crippen LogP contribution in [0, 0.1) is 0 Å². The molecule has 1 N–H and O–H groups in total. The highest BCUT2D eigenvalue weighted by molar-refractivity contribution is 5.94. The molecule has 1 aromatic carbocycles. The third-order valence-electron chi connectivity index (χ3n) is 2.85. The van der Waals surface area contributed by atoms with Crippen molar-refractivity contribution in [3.63, 3.8) is 0 Å². The van der Waals surface area contributed by atoms with Gasteiger partial charge in [-0.3, -0.25) is 4.98 Å². The summed E-state index contributed by atoms with van der Waals surface area (Å²) in [4.78, 5) is 18.9. The number of esters is 1. The smallest absolute Gasteiger partial charge is 0.355 e. The van der Waals surface area contributed by atoms with Crippen LogP contribution in [0.1, 0.15) is 16.1 Å². The van der Waals surface area contributed by atoms with E-state index in [1.807, 2.05) is 36.4 Å². The summed E-state index contributed by atoms with van der Waals surface area (Å²) >= 11 is 0. The molecule has 0 fully saturated rings. The molecule has 3 aromatic rings. The number of nitrogens with zero attached hydrogens (tertiary/aromatic N) is 1. The quantitative estimate of drug-likeness (QED) is 0.729. The number of hydrogen-bond donors (Lipinski definition) is 1. The molecule has 0 atom stereocenters. The van der Waals surface area contributed by atoms with Gasteiger partial charge in [0.2, 0.25) is 0 Å². The first-order chi connectivity index (χ1) is 9.33. The zero-order valence-corrected chi connectivity index (χ0v) is 10.2. The molecule has 2 aromatic heterocycles. The molecule has 19 heavy (non-hydrogen) atoms. The van der Waals surface area contributed by atoms with Gasteiger partial charge in [-0.25, -0.2) is 4.79 Å². The number of nitrogens with one attached hydrogen (secondary N) is 1. The highest BCUT2D eigenvalue weighted by Crippen LogP contribution is 2.14. The lowest BCUT2D eigenvalue weighted by Crippen LogP contribution is -2.05. The van der Waals surface area contributed by atoms with E-state index in [9.17, 15) is 4.79 Å². The fourth-order valence-electron chi connectivity index (χ4n) is 1.88. The van der Waals surface area contributed by atoms with Crippen molar-refractivity contribution in [2.45, 2.75) is 6.61 Å². The Morgan fingerprint density at radius 2 is 2.05 bits per heavy atom. The molecule has 0 aliphatic heterocycles. The first-order valence-electron chi connectivity index (χ1n) is 5.97. The second kappa shape index (κ2) is 4.94. The second-order valence-corrected chi connectivity index (χ2v) is 4.21. The number of rotatable bonds is 3. The van der Waals surface area contributed by atoms with Crippen molar-refractivity contribution in [3.8, 4) is 0 Å². The Labute approximate surface area is 110 Å². The normalized spacial score (nSPS) is 10.5. The number of H-pyrrole nitrogens is 1. The SMILES string of the molecule is O=C(OCc1ccccc1)c1cc2cnccc2[nH]1. The summed E-state index contributed by atoms with van der Waals surface area (Å²) in [6, 6.07) is 13.2. The maximum atomic E-state index is 11.9. The zero-order chi connectivity index (χ0) is 13.1. The van der Waals surface area contributed by atoms with E-state index in [1.165, 1.54) is 0 Å². The average molecular weight is 252 g/mol. The Morgan fingerprint density at radius 1 is 1.21 bits per heavy atom. The van der Waals surface area contributed by atoms with Crippen molar-refractivity contribution in [2.24, 2.45) is 0 Å². The zero-order valence-electron chi connectivity index (χ0n) is 10.2. The second-order valence-electron chi connectivity index (χ2n) is 4.21. The summed E-state index contributed by atoms with van der Waals surface area (Å²) < 4.78 is 5.25. The summed E-state index contributed by atoms with van der Waals surface area (Å²) in [5.41, 5.74) is 2.29. The minimum Gasteiger partial charge on any atom is -0.456 e. The largest absolute Gasteiger partial charge is 0.456 e. The Kier molecular flexibility index (Phi) is 2.98.